The van der Waals surface area contributed by atoms with E-state index in [1.165, 1.54) is 18.2 Å². The van der Waals surface area contributed by atoms with Gasteiger partial charge >= 0.3 is 12.4 Å². The van der Waals surface area contributed by atoms with E-state index < -0.39 is 35.6 Å². The van der Waals surface area contributed by atoms with Gasteiger partial charge in [0.25, 0.3) is 0 Å². The maximum Gasteiger partial charge on any atom is 0.425 e. The van der Waals surface area contributed by atoms with Crippen molar-refractivity contribution < 1.29 is 31.1 Å². The van der Waals surface area contributed by atoms with Crippen molar-refractivity contribution in [2.45, 2.75) is 37.7 Å². The van der Waals surface area contributed by atoms with Gasteiger partial charge in [0.15, 0.2) is 0 Å². The molecule has 0 saturated carbocycles. The van der Waals surface area contributed by atoms with Crippen LogP contribution in [0.3, 0.4) is 0 Å². The zero-order valence-electron chi connectivity index (χ0n) is 14.2. The van der Waals surface area contributed by atoms with Gasteiger partial charge in [-0.3, -0.25) is 4.79 Å². The predicted octanol–water partition coefficient (Wildman–Crippen LogP) is 6.18. The van der Waals surface area contributed by atoms with Crippen LogP contribution in [0.2, 0.25) is 5.02 Å². The Morgan fingerprint density at radius 2 is 1.79 bits per heavy atom. The van der Waals surface area contributed by atoms with Gasteiger partial charge in [-0.05, 0) is 42.2 Å². The van der Waals surface area contributed by atoms with Gasteiger partial charge in [0.2, 0.25) is 5.91 Å². The SMILES string of the molecule is O=C(Cc1cc(-c2ccc(Cl)cc2)sc1C(F)(F)F)N1CCCC1C(F)(F)F. The third kappa shape index (κ3) is 4.46. The summed E-state index contributed by atoms with van der Waals surface area (Å²) in [6.45, 7) is -0.113. The van der Waals surface area contributed by atoms with Crippen molar-refractivity contribution in [1.82, 2.24) is 4.90 Å². The van der Waals surface area contributed by atoms with Crippen molar-refractivity contribution in [2.75, 3.05) is 6.54 Å². The van der Waals surface area contributed by atoms with Crippen molar-refractivity contribution >= 4 is 28.8 Å². The Balaban J connectivity index is 1.90. The summed E-state index contributed by atoms with van der Waals surface area (Å²) in [5, 5.41) is 0.416. The quantitative estimate of drug-likeness (QED) is 0.521. The van der Waals surface area contributed by atoms with Gasteiger partial charge < -0.3 is 4.90 Å². The molecule has 1 saturated heterocycles. The average molecular weight is 442 g/mol. The average Bonchev–Trinajstić information content (AvgIpc) is 3.21. The summed E-state index contributed by atoms with van der Waals surface area (Å²) in [6, 6.07) is 5.40. The molecule has 1 aliphatic rings. The van der Waals surface area contributed by atoms with Gasteiger partial charge in [0.05, 0.1) is 6.42 Å². The van der Waals surface area contributed by atoms with Gasteiger partial charge in [-0.1, -0.05) is 23.7 Å². The second-order valence-electron chi connectivity index (χ2n) is 6.43. The van der Waals surface area contributed by atoms with E-state index in [0.717, 1.165) is 0 Å². The third-order valence-electron chi connectivity index (χ3n) is 4.49. The van der Waals surface area contributed by atoms with Crippen molar-refractivity contribution in [3.63, 3.8) is 0 Å². The highest BCUT2D eigenvalue weighted by Crippen LogP contribution is 2.42. The number of benzene rings is 1. The van der Waals surface area contributed by atoms with E-state index in [1.54, 1.807) is 12.1 Å². The van der Waals surface area contributed by atoms with E-state index in [0.29, 0.717) is 26.8 Å². The Morgan fingerprint density at radius 3 is 2.36 bits per heavy atom. The molecule has 0 N–H and O–H groups in total. The summed E-state index contributed by atoms with van der Waals surface area (Å²) < 4.78 is 79.4. The molecule has 1 amide bonds. The molecule has 10 heteroatoms. The molecule has 152 valence electrons. The first-order chi connectivity index (χ1) is 13.0. The number of carbonyl (C=O) groups is 1. The summed E-state index contributed by atoms with van der Waals surface area (Å²) in [5.41, 5.74) is 0.160. The highest BCUT2D eigenvalue weighted by molar-refractivity contribution is 7.15. The Morgan fingerprint density at radius 1 is 1.14 bits per heavy atom. The monoisotopic (exact) mass is 441 g/mol. The zero-order chi connectivity index (χ0) is 20.7. The number of rotatable bonds is 3. The lowest BCUT2D eigenvalue weighted by molar-refractivity contribution is -0.182. The molecule has 2 heterocycles. The fraction of sp³-hybridized carbons (Fsp3) is 0.389. The number of halogens is 7. The van der Waals surface area contributed by atoms with E-state index in [2.05, 4.69) is 0 Å². The largest absolute Gasteiger partial charge is 0.425 e. The zero-order valence-corrected chi connectivity index (χ0v) is 15.8. The maximum absolute atomic E-state index is 13.4. The maximum atomic E-state index is 13.4. The van der Waals surface area contributed by atoms with Gasteiger partial charge in [-0.15, -0.1) is 11.3 Å². The standard InChI is InChI=1S/C18H14ClF6NOS/c19-12-5-3-10(4-6-12)13-8-11(16(28-13)18(23,24)25)9-15(27)26-7-1-2-14(26)17(20,21)22/h3-6,8,14H,1-2,7,9H2. The number of carbonyl (C=O) groups excluding carboxylic acids is 1. The van der Waals surface area contributed by atoms with Crippen molar-refractivity contribution in [3.8, 4) is 10.4 Å². The third-order valence-corrected chi connectivity index (χ3v) is 6.01. The van der Waals surface area contributed by atoms with Crippen LogP contribution in [0.1, 0.15) is 23.3 Å². The lowest BCUT2D eigenvalue weighted by atomic mass is 10.1. The molecule has 2 nitrogen and oxygen atoms in total. The number of thiophene rings is 1. The summed E-state index contributed by atoms with van der Waals surface area (Å²) in [4.78, 5) is 12.3. The van der Waals surface area contributed by atoms with Gasteiger partial charge in [0.1, 0.15) is 10.9 Å². The molecule has 2 aromatic rings. The van der Waals surface area contributed by atoms with Crippen LogP contribution in [0.25, 0.3) is 10.4 Å². The van der Waals surface area contributed by atoms with E-state index >= 15 is 0 Å². The molecular formula is C18H14ClF6NOS. The Hall–Kier alpha value is -1.74. The molecule has 28 heavy (non-hydrogen) atoms. The predicted molar refractivity (Wildman–Crippen MR) is 94.3 cm³/mol. The second-order valence-corrected chi connectivity index (χ2v) is 7.92. The van der Waals surface area contributed by atoms with Crippen molar-refractivity contribution in [2.24, 2.45) is 0 Å². The molecule has 3 rings (SSSR count). The normalized spacial score (nSPS) is 18.0. The Kier molecular flexibility index (Phi) is 5.69. The van der Waals surface area contributed by atoms with E-state index in [9.17, 15) is 31.1 Å². The van der Waals surface area contributed by atoms with Crippen LogP contribution in [-0.2, 0) is 17.4 Å². The van der Waals surface area contributed by atoms with Crippen molar-refractivity contribution in [3.05, 3.63) is 45.8 Å². The minimum Gasteiger partial charge on any atom is -0.330 e. The van der Waals surface area contributed by atoms with Gasteiger partial charge in [-0.25, -0.2) is 0 Å². The molecule has 1 atom stereocenters. The number of hydrogen-bond acceptors (Lipinski definition) is 2. The van der Waals surface area contributed by atoms with Crippen LogP contribution >= 0.6 is 22.9 Å². The number of hydrogen-bond donors (Lipinski definition) is 0. The number of likely N-dealkylation sites (tertiary alicyclic amines) is 1. The van der Waals surface area contributed by atoms with E-state index in [4.69, 9.17) is 11.6 Å². The van der Waals surface area contributed by atoms with Crippen LogP contribution in [0.15, 0.2) is 30.3 Å². The topological polar surface area (TPSA) is 20.3 Å². The molecule has 0 bridgehead atoms. The fourth-order valence-electron chi connectivity index (χ4n) is 3.23. The van der Waals surface area contributed by atoms with E-state index in [-0.39, 0.29) is 29.8 Å². The second kappa shape index (κ2) is 7.59. The molecule has 0 aliphatic carbocycles. The molecule has 1 aliphatic heterocycles. The molecule has 1 aromatic heterocycles. The highest BCUT2D eigenvalue weighted by Gasteiger charge is 2.48. The lowest BCUT2D eigenvalue weighted by Gasteiger charge is -2.26. The van der Waals surface area contributed by atoms with Gasteiger partial charge in [-0.2, -0.15) is 26.3 Å². The van der Waals surface area contributed by atoms with Crippen LogP contribution in [0.5, 0.6) is 0 Å². The number of nitrogens with zero attached hydrogens (tertiary/aromatic N) is 1. The van der Waals surface area contributed by atoms with E-state index in [1.807, 2.05) is 0 Å². The van der Waals surface area contributed by atoms with Crippen LogP contribution in [-0.4, -0.2) is 29.6 Å². The van der Waals surface area contributed by atoms with Crippen LogP contribution < -0.4 is 0 Å². The van der Waals surface area contributed by atoms with Crippen molar-refractivity contribution in [1.29, 1.82) is 0 Å². The number of amides is 1. The lowest BCUT2D eigenvalue weighted by Crippen LogP contribution is -2.45. The molecular weight excluding hydrogens is 428 g/mol. The minimum atomic E-state index is -4.71. The first-order valence-electron chi connectivity index (χ1n) is 8.29. The Labute approximate surface area is 165 Å². The van der Waals surface area contributed by atoms with Crippen LogP contribution in [0, 0.1) is 0 Å². The number of alkyl halides is 6. The van der Waals surface area contributed by atoms with Crippen LogP contribution in [0.4, 0.5) is 26.3 Å². The summed E-state index contributed by atoms with van der Waals surface area (Å²) in [7, 11) is 0. The summed E-state index contributed by atoms with van der Waals surface area (Å²) >= 11 is 6.24. The van der Waals surface area contributed by atoms with Gasteiger partial charge in [0, 0.05) is 16.4 Å². The fourth-order valence-corrected chi connectivity index (χ4v) is 4.41. The first-order valence-corrected chi connectivity index (χ1v) is 9.48. The molecule has 0 spiro atoms. The first kappa shape index (κ1) is 21.0. The summed E-state index contributed by atoms with van der Waals surface area (Å²) in [5.74, 6) is -0.953. The molecule has 1 unspecified atom stereocenters. The molecule has 0 radical (unpaired) electrons. The molecule has 1 fully saturated rings. The highest BCUT2D eigenvalue weighted by atomic mass is 35.5. The smallest absolute Gasteiger partial charge is 0.330 e. The Bertz CT molecular complexity index is 858. The minimum absolute atomic E-state index is 0.113. The summed E-state index contributed by atoms with van der Waals surface area (Å²) in [6.07, 6.45) is -10.1. The molecule has 1 aromatic carbocycles.